The lowest BCUT2D eigenvalue weighted by Gasteiger charge is -2.35. The minimum absolute atomic E-state index is 0.0336. The highest BCUT2D eigenvalue weighted by Crippen LogP contribution is 2.37. The standard InChI is InChI=1S/C30H26ClN5O/c1-21-8-7-11-23(18-21)36-19-25(22-9-3-2-4-10-22)27-28(32-20-33-29(27)36)34-14-16-35(17-15-34)30(37)24-12-5-6-13-26(24)31/h2-13,18-20H,14-17H2,1H3. The number of carbonyl (C=O) groups excluding carboxylic acids is 1. The van der Waals surface area contributed by atoms with Gasteiger partial charge in [0.25, 0.3) is 5.91 Å². The first-order chi connectivity index (χ1) is 18.1. The molecule has 0 bridgehead atoms. The van der Waals surface area contributed by atoms with Crippen LogP contribution in [0.2, 0.25) is 5.02 Å². The minimum atomic E-state index is -0.0336. The average Bonchev–Trinajstić information content (AvgIpc) is 3.34. The fourth-order valence-electron chi connectivity index (χ4n) is 5.02. The van der Waals surface area contributed by atoms with Gasteiger partial charge >= 0.3 is 0 Å². The molecular formula is C30H26ClN5O. The van der Waals surface area contributed by atoms with Crippen molar-refractivity contribution in [3.8, 4) is 16.8 Å². The number of rotatable bonds is 4. The first kappa shape index (κ1) is 23.3. The van der Waals surface area contributed by atoms with Crippen molar-refractivity contribution < 1.29 is 4.79 Å². The van der Waals surface area contributed by atoms with Crippen LogP contribution in [0.3, 0.4) is 0 Å². The summed E-state index contributed by atoms with van der Waals surface area (Å²) in [7, 11) is 0. The van der Waals surface area contributed by atoms with E-state index in [2.05, 4.69) is 59.0 Å². The highest BCUT2D eigenvalue weighted by molar-refractivity contribution is 6.33. The zero-order chi connectivity index (χ0) is 25.4. The molecule has 3 heterocycles. The summed E-state index contributed by atoms with van der Waals surface area (Å²) in [4.78, 5) is 26.7. The molecule has 1 aliphatic rings. The van der Waals surface area contributed by atoms with E-state index in [1.54, 1.807) is 18.5 Å². The van der Waals surface area contributed by atoms with Gasteiger partial charge in [-0.1, -0.05) is 66.2 Å². The SMILES string of the molecule is Cc1cccc(-n2cc(-c3ccccc3)c3c(N4CCN(C(=O)c5ccccc5Cl)CC4)ncnc32)c1. The number of aromatic nitrogens is 3. The van der Waals surface area contributed by atoms with Gasteiger partial charge in [-0.25, -0.2) is 9.97 Å². The van der Waals surface area contributed by atoms with Gasteiger partial charge in [-0.3, -0.25) is 4.79 Å². The van der Waals surface area contributed by atoms with Crippen molar-refractivity contribution in [2.45, 2.75) is 6.92 Å². The maximum Gasteiger partial charge on any atom is 0.255 e. The number of fused-ring (bicyclic) bond motifs is 1. The third-order valence-corrected chi connectivity index (χ3v) is 7.23. The van der Waals surface area contributed by atoms with E-state index in [0.717, 1.165) is 33.7 Å². The number of piperazine rings is 1. The molecule has 6 rings (SSSR count). The Hall–Kier alpha value is -4.16. The van der Waals surface area contributed by atoms with Crippen molar-refractivity contribution in [1.29, 1.82) is 0 Å². The van der Waals surface area contributed by atoms with Crippen LogP contribution in [-0.2, 0) is 0 Å². The number of hydrogen-bond acceptors (Lipinski definition) is 4. The highest BCUT2D eigenvalue weighted by atomic mass is 35.5. The largest absolute Gasteiger partial charge is 0.352 e. The molecule has 0 N–H and O–H groups in total. The monoisotopic (exact) mass is 507 g/mol. The van der Waals surface area contributed by atoms with Crippen LogP contribution in [0, 0.1) is 6.92 Å². The number of hydrogen-bond donors (Lipinski definition) is 0. The quantitative estimate of drug-likeness (QED) is 0.299. The van der Waals surface area contributed by atoms with Crippen LogP contribution in [0.1, 0.15) is 15.9 Å². The van der Waals surface area contributed by atoms with E-state index in [1.165, 1.54) is 5.56 Å². The Morgan fingerprint density at radius 2 is 1.62 bits per heavy atom. The maximum atomic E-state index is 13.1. The molecule has 0 saturated carbocycles. The Balaban J connectivity index is 1.38. The lowest BCUT2D eigenvalue weighted by Crippen LogP contribution is -2.49. The Bertz CT molecular complexity index is 1590. The second kappa shape index (κ2) is 9.71. The molecular weight excluding hydrogens is 482 g/mol. The third-order valence-electron chi connectivity index (χ3n) is 6.90. The molecule has 1 fully saturated rings. The minimum Gasteiger partial charge on any atom is -0.352 e. The predicted molar refractivity (Wildman–Crippen MR) is 149 cm³/mol. The van der Waals surface area contributed by atoms with E-state index >= 15 is 0 Å². The van der Waals surface area contributed by atoms with Crippen LogP contribution < -0.4 is 4.90 Å². The van der Waals surface area contributed by atoms with Gasteiger partial charge in [0.1, 0.15) is 12.1 Å². The van der Waals surface area contributed by atoms with Crippen LogP contribution >= 0.6 is 11.6 Å². The summed E-state index contributed by atoms with van der Waals surface area (Å²) in [5.41, 5.74) is 5.86. The van der Waals surface area contributed by atoms with Gasteiger partial charge < -0.3 is 14.4 Å². The first-order valence-corrected chi connectivity index (χ1v) is 12.8. The number of halogens is 1. The summed E-state index contributed by atoms with van der Waals surface area (Å²) >= 11 is 6.29. The van der Waals surface area contributed by atoms with Gasteiger partial charge in [-0.05, 0) is 42.3 Å². The van der Waals surface area contributed by atoms with Crippen molar-refractivity contribution >= 4 is 34.4 Å². The number of benzene rings is 3. The van der Waals surface area contributed by atoms with Crippen LogP contribution in [0.15, 0.2) is 91.4 Å². The summed E-state index contributed by atoms with van der Waals surface area (Å²) in [6, 6.07) is 26.0. The highest BCUT2D eigenvalue weighted by Gasteiger charge is 2.27. The number of carbonyl (C=O) groups is 1. The van der Waals surface area contributed by atoms with Crippen molar-refractivity contribution in [2.75, 3.05) is 31.1 Å². The van der Waals surface area contributed by atoms with E-state index in [0.29, 0.717) is 36.8 Å². The van der Waals surface area contributed by atoms with E-state index < -0.39 is 0 Å². The third kappa shape index (κ3) is 4.34. The smallest absolute Gasteiger partial charge is 0.255 e. The molecule has 3 aromatic carbocycles. The van der Waals surface area contributed by atoms with E-state index in [1.807, 2.05) is 35.2 Å². The zero-order valence-electron chi connectivity index (χ0n) is 20.5. The molecule has 0 radical (unpaired) electrons. The van der Waals surface area contributed by atoms with Crippen LogP contribution in [0.4, 0.5) is 5.82 Å². The van der Waals surface area contributed by atoms with Gasteiger partial charge in [0.2, 0.25) is 0 Å². The zero-order valence-corrected chi connectivity index (χ0v) is 21.3. The molecule has 184 valence electrons. The number of amides is 1. The van der Waals surface area contributed by atoms with E-state index in [-0.39, 0.29) is 5.91 Å². The number of aryl methyl sites for hydroxylation is 1. The Morgan fingerprint density at radius 3 is 2.38 bits per heavy atom. The molecule has 7 heteroatoms. The molecule has 1 saturated heterocycles. The molecule has 0 atom stereocenters. The summed E-state index contributed by atoms with van der Waals surface area (Å²) in [6.45, 7) is 4.62. The fourth-order valence-corrected chi connectivity index (χ4v) is 5.24. The molecule has 1 aliphatic heterocycles. The Morgan fingerprint density at radius 1 is 0.865 bits per heavy atom. The van der Waals surface area contributed by atoms with E-state index in [9.17, 15) is 4.79 Å². The first-order valence-electron chi connectivity index (χ1n) is 12.4. The molecule has 6 nitrogen and oxygen atoms in total. The maximum absolute atomic E-state index is 13.1. The lowest BCUT2D eigenvalue weighted by atomic mass is 10.1. The van der Waals surface area contributed by atoms with Crippen molar-refractivity contribution in [1.82, 2.24) is 19.4 Å². The van der Waals surface area contributed by atoms with Gasteiger partial charge in [0.05, 0.1) is 16.0 Å². The summed E-state index contributed by atoms with van der Waals surface area (Å²) in [5, 5.41) is 1.50. The number of nitrogens with zero attached hydrogens (tertiary/aromatic N) is 5. The average molecular weight is 508 g/mol. The molecule has 0 spiro atoms. The summed E-state index contributed by atoms with van der Waals surface area (Å²) in [6.07, 6.45) is 3.80. The van der Waals surface area contributed by atoms with Crippen molar-refractivity contribution in [3.05, 3.63) is 108 Å². The Labute approximate surface area is 220 Å². The number of anilines is 1. The fraction of sp³-hybridized carbons (Fsp3) is 0.167. The topological polar surface area (TPSA) is 54.3 Å². The van der Waals surface area contributed by atoms with E-state index in [4.69, 9.17) is 21.6 Å². The van der Waals surface area contributed by atoms with Crippen LogP contribution in [0.25, 0.3) is 27.8 Å². The predicted octanol–water partition coefficient (Wildman–Crippen LogP) is 6.01. The summed E-state index contributed by atoms with van der Waals surface area (Å²) < 4.78 is 2.15. The Kier molecular flexibility index (Phi) is 6.10. The lowest BCUT2D eigenvalue weighted by molar-refractivity contribution is 0.0747. The molecule has 0 unspecified atom stereocenters. The molecule has 5 aromatic rings. The van der Waals surface area contributed by atoms with Crippen molar-refractivity contribution in [2.24, 2.45) is 0 Å². The second-order valence-corrected chi connectivity index (χ2v) is 9.68. The second-order valence-electron chi connectivity index (χ2n) is 9.27. The van der Waals surface area contributed by atoms with Gasteiger partial charge in [0.15, 0.2) is 5.65 Å². The normalized spacial score (nSPS) is 13.8. The molecule has 0 aliphatic carbocycles. The van der Waals surface area contributed by atoms with Gasteiger partial charge in [0, 0.05) is 43.6 Å². The van der Waals surface area contributed by atoms with Crippen molar-refractivity contribution in [3.63, 3.8) is 0 Å². The molecule has 1 amide bonds. The molecule has 2 aromatic heterocycles. The van der Waals surface area contributed by atoms with Gasteiger partial charge in [-0.2, -0.15) is 0 Å². The van der Waals surface area contributed by atoms with Crippen LogP contribution in [-0.4, -0.2) is 51.5 Å². The molecule has 37 heavy (non-hydrogen) atoms. The summed E-state index contributed by atoms with van der Waals surface area (Å²) in [5.74, 6) is 0.855. The van der Waals surface area contributed by atoms with Gasteiger partial charge in [-0.15, -0.1) is 0 Å². The van der Waals surface area contributed by atoms with Crippen LogP contribution in [0.5, 0.6) is 0 Å².